The molecule has 16 nitrogen and oxygen atoms in total. The van der Waals surface area contributed by atoms with Gasteiger partial charge in [-0.1, -0.05) is 43.3 Å². The molecule has 2 aliphatic heterocycles. The van der Waals surface area contributed by atoms with Crippen LogP contribution in [0.5, 0.6) is 5.88 Å². The van der Waals surface area contributed by atoms with Crippen molar-refractivity contribution in [2.75, 3.05) is 19.8 Å². The Morgan fingerprint density at radius 3 is 2.48 bits per heavy atom. The number of Topliss-reactive ketones (excluding diaryl/α,β-unsaturated/α-hetero) is 1. The van der Waals surface area contributed by atoms with E-state index >= 15 is 0 Å². The number of ether oxygens (including phenoxy) is 5. The van der Waals surface area contributed by atoms with Gasteiger partial charge in [0.05, 0.1) is 29.4 Å². The van der Waals surface area contributed by atoms with E-state index in [9.17, 15) is 37.3 Å². The first-order valence-electron chi connectivity index (χ1n) is 18.2. The standard InChI is InChI=1S/C37H43N2O14S/c1-21-23-14-15-24-36-20-50-33(43)28(36)35(2,3)17-16-25(36)51-34(44)37(24,29(21)42)30(23)52-27(41)13-9-12-26(40)48-18-7-8-19-49-31-32(39(45)53-38-31)54(46,47)22-10-5-4-6-11-22/h4-6,10-11,23-25,28,30,38H,1,7-9,12-20H2,2-3H3/q+1/t23-,24-,25-,28+,30+,36+,37-/m0/s1. The molecule has 290 valence electrons. The molecular weight excluding hydrogens is 728 g/mol. The zero-order valence-corrected chi connectivity index (χ0v) is 30.9. The summed E-state index contributed by atoms with van der Waals surface area (Å²) in [5.41, 5.74) is -3.00. The minimum atomic E-state index is -4.23. The van der Waals surface area contributed by atoms with Crippen LogP contribution in [0.3, 0.4) is 0 Å². The molecule has 1 aromatic heterocycles. The Hall–Kier alpha value is -4.80. The van der Waals surface area contributed by atoms with Crippen molar-refractivity contribution in [2.45, 2.75) is 93.8 Å². The number of carbonyl (C=O) groups excluding carboxylic acids is 5. The number of hydrogen-bond donors (Lipinski definition) is 1. The van der Waals surface area contributed by atoms with Crippen molar-refractivity contribution in [3.8, 4) is 5.88 Å². The largest absolute Gasteiger partial charge is 0.466 e. The van der Waals surface area contributed by atoms with Gasteiger partial charge in [-0.25, -0.2) is 8.42 Å². The number of nitrogens with one attached hydrogen (secondary N) is 1. The molecule has 5 aliphatic rings. The Labute approximate surface area is 310 Å². The van der Waals surface area contributed by atoms with Crippen LogP contribution in [0, 0.1) is 38.9 Å². The number of aromatic amines is 1. The molecule has 2 spiro atoms. The van der Waals surface area contributed by atoms with E-state index in [4.69, 9.17) is 23.7 Å². The number of fused-ring (bicyclic) bond motifs is 1. The normalized spacial score (nSPS) is 30.7. The summed E-state index contributed by atoms with van der Waals surface area (Å²) in [4.78, 5) is 78.9. The number of sulfone groups is 1. The molecule has 2 bridgehead atoms. The molecule has 0 radical (unpaired) electrons. The summed E-state index contributed by atoms with van der Waals surface area (Å²) >= 11 is 0. The molecule has 0 amide bonds. The number of hydrogen-bond acceptors (Lipinski definition) is 14. The van der Waals surface area contributed by atoms with E-state index < -0.39 is 84.8 Å². The van der Waals surface area contributed by atoms with Crippen LogP contribution in [-0.2, 0) is 52.8 Å². The Morgan fingerprint density at radius 2 is 1.72 bits per heavy atom. The third kappa shape index (κ3) is 5.76. The van der Waals surface area contributed by atoms with Gasteiger partial charge in [-0.15, -0.1) is 0 Å². The molecule has 1 N–H and O–H groups in total. The minimum absolute atomic E-state index is 0.0191. The lowest BCUT2D eigenvalue weighted by molar-refractivity contribution is -0.744. The van der Waals surface area contributed by atoms with Crippen molar-refractivity contribution in [1.82, 2.24) is 5.16 Å². The van der Waals surface area contributed by atoms with Crippen molar-refractivity contribution in [1.29, 1.82) is 0 Å². The van der Waals surface area contributed by atoms with Gasteiger partial charge in [0, 0.05) is 18.8 Å². The number of nitrogens with zero attached hydrogens (tertiary/aromatic N) is 1. The van der Waals surface area contributed by atoms with Crippen LogP contribution in [0.15, 0.2) is 57.0 Å². The topological polar surface area (TPSA) is 218 Å². The van der Waals surface area contributed by atoms with E-state index in [2.05, 4.69) is 16.4 Å². The average Bonchev–Trinajstić information content (AvgIpc) is 3.73. The number of unbranched alkanes of at least 4 members (excludes halogenated alkanes) is 1. The van der Waals surface area contributed by atoms with Crippen molar-refractivity contribution in [3.05, 3.63) is 47.4 Å². The van der Waals surface area contributed by atoms with E-state index in [0.717, 1.165) is 0 Å². The number of H-pyrrole nitrogens is 1. The van der Waals surface area contributed by atoms with Crippen LogP contribution in [0.25, 0.3) is 0 Å². The number of esters is 4. The maximum absolute atomic E-state index is 14.1. The molecule has 3 saturated carbocycles. The summed E-state index contributed by atoms with van der Waals surface area (Å²) in [7, 11) is -4.23. The number of carbonyl (C=O) groups is 5. The van der Waals surface area contributed by atoms with Gasteiger partial charge in [0.25, 0.3) is 9.84 Å². The second-order valence-electron chi connectivity index (χ2n) is 15.5. The summed E-state index contributed by atoms with van der Waals surface area (Å²) in [6.45, 7) is 8.01. The predicted octanol–water partition coefficient (Wildman–Crippen LogP) is 3.20. The highest BCUT2D eigenvalue weighted by molar-refractivity contribution is 7.91. The third-order valence-corrected chi connectivity index (χ3v) is 13.8. The van der Waals surface area contributed by atoms with Crippen LogP contribution < -0.4 is 9.34 Å². The van der Waals surface area contributed by atoms with Crippen LogP contribution in [0.4, 0.5) is 0 Å². The number of ketones is 1. The second-order valence-corrected chi connectivity index (χ2v) is 17.3. The number of cyclic esters (lactones) is 1. The molecule has 17 heteroatoms. The van der Waals surface area contributed by atoms with Crippen molar-refractivity contribution in [3.63, 3.8) is 0 Å². The van der Waals surface area contributed by atoms with Gasteiger partial charge < -0.3 is 23.7 Å². The summed E-state index contributed by atoms with van der Waals surface area (Å²) in [5.74, 6) is -5.03. The van der Waals surface area contributed by atoms with Crippen LogP contribution in [0.1, 0.15) is 71.6 Å². The highest BCUT2D eigenvalue weighted by Crippen LogP contribution is 2.71. The summed E-state index contributed by atoms with van der Waals surface area (Å²) in [6.07, 6.45) is 0.817. The molecule has 3 aliphatic carbocycles. The fraction of sp³-hybridized carbons (Fsp3) is 0.595. The smallest absolute Gasteiger partial charge is 0.404 e. The van der Waals surface area contributed by atoms with Crippen molar-refractivity contribution < 1.29 is 65.3 Å². The van der Waals surface area contributed by atoms with E-state index in [1.54, 1.807) is 6.07 Å². The Kier molecular flexibility index (Phi) is 9.59. The maximum Gasteiger partial charge on any atom is 0.404 e. The fourth-order valence-electron chi connectivity index (χ4n) is 9.77. The van der Waals surface area contributed by atoms with Crippen LogP contribution >= 0.6 is 0 Å². The maximum atomic E-state index is 14.1. The van der Waals surface area contributed by atoms with Crippen molar-refractivity contribution >= 4 is 39.5 Å². The number of benzene rings is 1. The lowest BCUT2D eigenvalue weighted by atomic mass is 9.43. The molecule has 1 aromatic carbocycles. The molecule has 7 rings (SSSR count). The lowest BCUT2D eigenvalue weighted by Gasteiger charge is -2.61. The Morgan fingerprint density at radius 1 is 1.00 bits per heavy atom. The highest BCUT2D eigenvalue weighted by Gasteiger charge is 2.81. The van der Waals surface area contributed by atoms with Gasteiger partial charge in [0.15, 0.2) is 11.2 Å². The SMILES string of the molecule is C=C1C(=O)[C@@]23C(=O)O[C@H]4CCC(C)(C)[C@H]5C(=O)OC[C@@]45[C@@H]2CC[C@@H]1[C@H]3OC(=O)CCCC(=O)OCCCCOc1[nH]o[n+](=O)c1S(=O)(=O)c1ccccc1. The van der Waals surface area contributed by atoms with Crippen LogP contribution in [-0.4, -0.2) is 75.3 Å². The average molecular weight is 772 g/mol. The third-order valence-electron chi connectivity index (χ3n) is 12.1. The molecule has 0 unspecified atom stereocenters. The Bertz CT molecular complexity index is 2050. The van der Waals surface area contributed by atoms with Gasteiger partial charge in [0.1, 0.15) is 18.8 Å². The molecule has 3 heterocycles. The zero-order chi connectivity index (χ0) is 38.6. The summed E-state index contributed by atoms with van der Waals surface area (Å²) in [5, 5.41) is 1.44. The Balaban J connectivity index is 0.903. The molecule has 2 aromatic rings. The van der Waals surface area contributed by atoms with Gasteiger partial charge in [-0.2, -0.15) is 0 Å². The van der Waals surface area contributed by atoms with Gasteiger partial charge in [-0.05, 0) is 84.0 Å². The van der Waals surface area contributed by atoms with E-state index in [1.165, 1.54) is 24.3 Å². The molecule has 2 saturated heterocycles. The van der Waals surface area contributed by atoms with Crippen molar-refractivity contribution in [2.24, 2.45) is 34.0 Å². The van der Waals surface area contributed by atoms with Gasteiger partial charge in [0.2, 0.25) is 4.60 Å². The summed E-state index contributed by atoms with van der Waals surface area (Å²) < 4.78 is 58.6. The number of rotatable bonds is 13. The second kappa shape index (κ2) is 13.8. The predicted molar refractivity (Wildman–Crippen MR) is 180 cm³/mol. The van der Waals surface area contributed by atoms with Crippen LogP contribution in [0.2, 0.25) is 0 Å². The lowest BCUT2D eigenvalue weighted by Crippen LogP contribution is -2.71. The first kappa shape index (κ1) is 37.5. The quantitative estimate of drug-likeness (QED) is 0.102. The zero-order valence-electron chi connectivity index (χ0n) is 30.0. The monoisotopic (exact) mass is 771 g/mol. The molecule has 54 heavy (non-hydrogen) atoms. The summed E-state index contributed by atoms with van der Waals surface area (Å²) in [6, 6.07) is 7.33. The minimum Gasteiger partial charge on any atom is -0.466 e. The van der Waals surface area contributed by atoms with Gasteiger partial charge in [-0.3, -0.25) is 24.0 Å². The first-order chi connectivity index (χ1) is 25.7. The molecule has 7 atom stereocenters. The first-order valence-corrected chi connectivity index (χ1v) is 19.7. The highest BCUT2D eigenvalue weighted by atomic mass is 32.2. The van der Waals surface area contributed by atoms with E-state index in [1.807, 2.05) is 13.8 Å². The van der Waals surface area contributed by atoms with E-state index in [-0.39, 0.29) is 66.0 Å². The van der Waals surface area contributed by atoms with Gasteiger partial charge >= 0.3 is 34.8 Å². The van der Waals surface area contributed by atoms with E-state index in [0.29, 0.717) is 38.5 Å². The fourth-order valence-corrected chi connectivity index (χ4v) is 11.1. The molecular formula is C37H43N2O14S+. The number of aromatic nitrogens is 2. The molecule has 5 fully saturated rings.